The zero-order valence-electron chi connectivity index (χ0n) is 9.74. The summed E-state index contributed by atoms with van der Waals surface area (Å²) in [4.78, 5) is 8.62. The standard InChI is InChI=1S/C13H15N3O/c1-16-8-7-15-13(16)12(17)10-5-4-9-3-2-6-14-11(9)10/h2-3,6-8,10,12,17H,4-5H2,1H3. The molecule has 1 aliphatic carbocycles. The molecule has 0 radical (unpaired) electrons. The molecule has 1 aliphatic rings. The second kappa shape index (κ2) is 3.96. The maximum atomic E-state index is 10.4. The van der Waals surface area contributed by atoms with Crippen LogP contribution in [0.5, 0.6) is 0 Å². The van der Waals surface area contributed by atoms with Crippen molar-refractivity contribution in [1.82, 2.24) is 14.5 Å². The van der Waals surface area contributed by atoms with Crippen LogP contribution in [0.25, 0.3) is 0 Å². The van der Waals surface area contributed by atoms with Crippen LogP contribution >= 0.6 is 0 Å². The number of aliphatic hydroxyl groups excluding tert-OH is 1. The van der Waals surface area contributed by atoms with E-state index in [-0.39, 0.29) is 5.92 Å². The fourth-order valence-electron chi connectivity index (χ4n) is 2.59. The zero-order chi connectivity index (χ0) is 11.8. The van der Waals surface area contributed by atoms with E-state index in [1.54, 1.807) is 12.4 Å². The van der Waals surface area contributed by atoms with Crippen LogP contribution in [-0.4, -0.2) is 19.6 Å². The zero-order valence-corrected chi connectivity index (χ0v) is 9.74. The maximum absolute atomic E-state index is 10.4. The SMILES string of the molecule is Cn1ccnc1C(O)C1CCc2cccnc21. The molecule has 0 aromatic carbocycles. The van der Waals surface area contributed by atoms with E-state index in [1.807, 2.05) is 23.9 Å². The van der Waals surface area contributed by atoms with Gasteiger partial charge in [-0.25, -0.2) is 4.98 Å². The lowest BCUT2D eigenvalue weighted by atomic mass is 9.99. The number of imidazole rings is 1. The van der Waals surface area contributed by atoms with Crippen LogP contribution in [0.2, 0.25) is 0 Å². The van der Waals surface area contributed by atoms with E-state index in [9.17, 15) is 5.11 Å². The molecule has 0 fully saturated rings. The molecule has 88 valence electrons. The normalized spacial score (nSPS) is 20.2. The van der Waals surface area contributed by atoms with Gasteiger partial charge in [-0.1, -0.05) is 6.07 Å². The molecule has 4 heteroatoms. The van der Waals surface area contributed by atoms with Crippen molar-refractivity contribution in [3.8, 4) is 0 Å². The summed E-state index contributed by atoms with van der Waals surface area (Å²) in [5, 5.41) is 10.4. The van der Waals surface area contributed by atoms with Crippen LogP contribution < -0.4 is 0 Å². The smallest absolute Gasteiger partial charge is 0.138 e. The number of hydrogen-bond donors (Lipinski definition) is 1. The monoisotopic (exact) mass is 229 g/mol. The Balaban J connectivity index is 1.95. The number of rotatable bonds is 2. The number of aliphatic hydroxyl groups is 1. The number of pyridine rings is 1. The van der Waals surface area contributed by atoms with Gasteiger partial charge in [0.2, 0.25) is 0 Å². The van der Waals surface area contributed by atoms with Crippen molar-refractivity contribution in [2.24, 2.45) is 7.05 Å². The van der Waals surface area contributed by atoms with Crippen molar-refractivity contribution in [3.63, 3.8) is 0 Å². The lowest BCUT2D eigenvalue weighted by Gasteiger charge is -2.17. The van der Waals surface area contributed by atoms with Gasteiger partial charge in [-0.15, -0.1) is 0 Å². The molecule has 2 atom stereocenters. The topological polar surface area (TPSA) is 50.9 Å². The van der Waals surface area contributed by atoms with Crippen LogP contribution in [0, 0.1) is 0 Å². The molecule has 3 rings (SSSR count). The molecule has 2 aromatic heterocycles. The van der Waals surface area contributed by atoms with E-state index in [0.29, 0.717) is 5.82 Å². The molecule has 17 heavy (non-hydrogen) atoms. The molecule has 0 amide bonds. The van der Waals surface area contributed by atoms with Gasteiger partial charge in [0.1, 0.15) is 11.9 Å². The van der Waals surface area contributed by atoms with E-state index in [0.717, 1.165) is 18.5 Å². The first-order valence-corrected chi connectivity index (χ1v) is 5.86. The van der Waals surface area contributed by atoms with Crippen molar-refractivity contribution in [3.05, 3.63) is 47.8 Å². The Bertz CT molecular complexity index is 535. The number of aryl methyl sites for hydroxylation is 2. The van der Waals surface area contributed by atoms with Gasteiger partial charge in [0.25, 0.3) is 0 Å². The van der Waals surface area contributed by atoms with Crippen LogP contribution in [0.3, 0.4) is 0 Å². The minimum atomic E-state index is -0.564. The van der Waals surface area contributed by atoms with Crippen molar-refractivity contribution in [2.45, 2.75) is 24.9 Å². The molecule has 2 heterocycles. The predicted molar refractivity (Wildman–Crippen MR) is 63.5 cm³/mol. The summed E-state index contributed by atoms with van der Waals surface area (Å²) in [6.07, 6.45) is 6.74. The third-order valence-corrected chi connectivity index (χ3v) is 3.51. The van der Waals surface area contributed by atoms with Crippen LogP contribution in [0.1, 0.15) is 35.5 Å². The highest BCUT2D eigenvalue weighted by Crippen LogP contribution is 2.39. The Morgan fingerprint density at radius 2 is 2.29 bits per heavy atom. The summed E-state index contributed by atoms with van der Waals surface area (Å²) in [5.41, 5.74) is 2.29. The van der Waals surface area contributed by atoms with Crippen molar-refractivity contribution < 1.29 is 5.11 Å². The third-order valence-electron chi connectivity index (χ3n) is 3.51. The molecular formula is C13H15N3O. The first-order valence-electron chi connectivity index (χ1n) is 5.86. The van der Waals surface area contributed by atoms with E-state index in [2.05, 4.69) is 16.0 Å². The van der Waals surface area contributed by atoms with Gasteiger partial charge in [-0.2, -0.15) is 0 Å². The molecule has 0 saturated carbocycles. The second-order valence-corrected chi connectivity index (χ2v) is 4.53. The predicted octanol–water partition coefficient (Wildman–Crippen LogP) is 1.58. The Labute approximate surface area is 100.0 Å². The van der Waals surface area contributed by atoms with Gasteiger partial charge in [0.05, 0.1) is 0 Å². The van der Waals surface area contributed by atoms with Crippen LogP contribution in [0.4, 0.5) is 0 Å². The number of hydrogen-bond acceptors (Lipinski definition) is 3. The van der Waals surface area contributed by atoms with Crippen LogP contribution in [-0.2, 0) is 13.5 Å². The van der Waals surface area contributed by atoms with Gasteiger partial charge in [0, 0.05) is 37.3 Å². The first kappa shape index (κ1) is 10.5. The number of fused-ring (bicyclic) bond motifs is 1. The van der Waals surface area contributed by atoms with E-state index in [4.69, 9.17) is 0 Å². The first-order chi connectivity index (χ1) is 8.27. The lowest BCUT2D eigenvalue weighted by molar-refractivity contribution is 0.131. The highest BCUT2D eigenvalue weighted by Gasteiger charge is 2.32. The van der Waals surface area contributed by atoms with Gasteiger partial charge >= 0.3 is 0 Å². The van der Waals surface area contributed by atoms with Gasteiger partial charge in [0.15, 0.2) is 0 Å². The summed E-state index contributed by atoms with van der Waals surface area (Å²) in [7, 11) is 1.90. The second-order valence-electron chi connectivity index (χ2n) is 4.53. The van der Waals surface area contributed by atoms with E-state index < -0.39 is 6.10 Å². The summed E-state index contributed by atoms with van der Waals surface area (Å²) >= 11 is 0. The fourth-order valence-corrected chi connectivity index (χ4v) is 2.59. The summed E-state index contributed by atoms with van der Waals surface area (Å²) in [6.45, 7) is 0. The van der Waals surface area contributed by atoms with E-state index >= 15 is 0 Å². The van der Waals surface area contributed by atoms with Gasteiger partial charge < -0.3 is 9.67 Å². The summed E-state index contributed by atoms with van der Waals surface area (Å²) < 4.78 is 1.87. The number of nitrogens with zero attached hydrogens (tertiary/aromatic N) is 3. The Hall–Kier alpha value is -1.68. The minimum Gasteiger partial charge on any atom is -0.384 e. The molecule has 4 nitrogen and oxygen atoms in total. The lowest BCUT2D eigenvalue weighted by Crippen LogP contribution is -2.13. The molecule has 0 bridgehead atoms. The fraction of sp³-hybridized carbons (Fsp3) is 0.385. The number of aromatic nitrogens is 3. The quantitative estimate of drug-likeness (QED) is 0.850. The minimum absolute atomic E-state index is 0.0762. The summed E-state index contributed by atoms with van der Waals surface area (Å²) in [6, 6.07) is 4.04. The van der Waals surface area contributed by atoms with Crippen LogP contribution in [0.15, 0.2) is 30.7 Å². The Morgan fingerprint density at radius 1 is 1.41 bits per heavy atom. The Kier molecular flexibility index (Phi) is 2.44. The highest BCUT2D eigenvalue weighted by atomic mass is 16.3. The van der Waals surface area contributed by atoms with E-state index in [1.165, 1.54) is 5.56 Å². The van der Waals surface area contributed by atoms with Crippen molar-refractivity contribution in [1.29, 1.82) is 0 Å². The average molecular weight is 229 g/mol. The third kappa shape index (κ3) is 1.65. The largest absolute Gasteiger partial charge is 0.384 e. The summed E-state index contributed by atoms with van der Waals surface area (Å²) in [5.74, 6) is 0.792. The molecule has 2 unspecified atom stereocenters. The van der Waals surface area contributed by atoms with Crippen molar-refractivity contribution in [2.75, 3.05) is 0 Å². The molecule has 1 N–H and O–H groups in total. The maximum Gasteiger partial charge on any atom is 0.138 e. The molecule has 0 spiro atoms. The Morgan fingerprint density at radius 3 is 3.06 bits per heavy atom. The average Bonchev–Trinajstić information content (AvgIpc) is 2.94. The molecule has 2 aromatic rings. The van der Waals surface area contributed by atoms with Crippen molar-refractivity contribution >= 4 is 0 Å². The highest BCUT2D eigenvalue weighted by molar-refractivity contribution is 5.30. The van der Waals surface area contributed by atoms with Gasteiger partial charge in [-0.05, 0) is 24.5 Å². The molecule has 0 aliphatic heterocycles. The van der Waals surface area contributed by atoms with Gasteiger partial charge in [-0.3, -0.25) is 4.98 Å². The molecular weight excluding hydrogens is 214 g/mol. The molecule has 0 saturated heterocycles.